The summed E-state index contributed by atoms with van der Waals surface area (Å²) in [7, 11) is 0. The largest absolute Gasteiger partial charge is 0.394 e. The van der Waals surface area contributed by atoms with Crippen LogP contribution in [0.5, 0.6) is 0 Å². The normalized spacial score (nSPS) is 14.3. The van der Waals surface area contributed by atoms with Gasteiger partial charge in [0.2, 0.25) is 0 Å². The summed E-state index contributed by atoms with van der Waals surface area (Å²) in [6.45, 7) is 4.95. The average molecular weight is 340 g/mol. The summed E-state index contributed by atoms with van der Waals surface area (Å²) in [4.78, 5) is 2.54. The van der Waals surface area contributed by atoms with E-state index in [0.717, 1.165) is 16.6 Å². The van der Waals surface area contributed by atoms with Gasteiger partial charge in [-0.1, -0.05) is 30.3 Å². The molecule has 0 saturated heterocycles. The summed E-state index contributed by atoms with van der Waals surface area (Å²) in [6, 6.07) is 12.2. The molecule has 1 aromatic heterocycles. The molecule has 2 aromatic rings. The Morgan fingerprint density at radius 2 is 2.00 bits per heavy atom. The molecular formula is C15H18BrNOS. The van der Waals surface area contributed by atoms with Crippen LogP contribution >= 0.6 is 27.3 Å². The van der Waals surface area contributed by atoms with E-state index in [0.29, 0.717) is 0 Å². The SMILES string of the molecule is Cc1sc(CNC(C)(CO)c2ccccc2)cc1Br. The maximum atomic E-state index is 9.71. The van der Waals surface area contributed by atoms with Gasteiger partial charge in [0.1, 0.15) is 0 Å². The molecule has 0 spiro atoms. The van der Waals surface area contributed by atoms with Crippen molar-refractivity contribution in [3.63, 3.8) is 0 Å². The maximum Gasteiger partial charge on any atom is 0.0652 e. The highest BCUT2D eigenvalue weighted by Crippen LogP contribution is 2.27. The van der Waals surface area contributed by atoms with E-state index in [4.69, 9.17) is 0 Å². The van der Waals surface area contributed by atoms with Crippen LogP contribution in [0.25, 0.3) is 0 Å². The number of benzene rings is 1. The summed E-state index contributed by atoms with van der Waals surface area (Å²) in [6.07, 6.45) is 0. The molecular weight excluding hydrogens is 322 g/mol. The van der Waals surface area contributed by atoms with Crippen LogP contribution in [0, 0.1) is 6.92 Å². The molecule has 0 aliphatic carbocycles. The zero-order chi connectivity index (χ0) is 13.9. The van der Waals surface area contributed by atoms with Gasteiger partial charge in [-0.2, -0.15) is 0 Å². The van der Waals surface area contributed by atoms with Crippen LogP contribution in [0.3, 0.4) is 0 Å². The maximum absolute atomic E-state index is 9.71. The monoisotopic (exact) mass is 339 g/mol. The van der Waals surface area contributed by atoms with Crippen molar-refractivity contribution in [3.8, 4) is 0 Å². The quantitative estimate of drug-likeness (QED) is 0.867. The number of hydrogen-bond donors (Lipinski definition) is 2. The molecule has 2 rings (SSSR count). The number of nitrogens with one attached hydrogen (secondary N) is 1. The van der Waals surface area contributed by atoms with Crippen molar-refractivity contribution >= 4 is 27.3 Å². The van der Waals surface area contributed by atoms with Crippen LogP contribution in [0.2, 0.25) is 0 Å². The van der Waals surface area contributed by atoms with Crippen molar-refractivity contribution in [2.24, 2.45) is 0 Å². The van der Waals surface area contributed by atoms with Crippen LogP contribution < -0.4 is 5.32 Å². The predicted molar refractivity (Wildman–Crippen MR) is 84.5 cm³/mol. The van der Waals surface area contributed by atoms with Gasteiger partial charge >= 0.3 is 0 Å². The minimum atomic E-state index is -0.411. The molecule has 19 heavy (non-hydrogen) atoms. The van der Waals surface area contributed by atoms with Crippen LogP contribution in [-0.4, -0.2) is 11.7 Å². The topological polar surface area (TPSA) is 32.3 Å². The Labute approximate surface area is 126 Å². The second-order valence-electron chi connectivity index (χ2n) is 4.83. The zero-order valence-electron chi connectivity index (χ0n) is 11.1. The van der Waals surface area contributed by atoms with Crippen molar-refractivity contribution in [2.45, 2.75) is 25.9 Å². The highest BCUT2D eigenvalue weighted by molar-refractivity contribution is 9.10. The number of aryl methyl sites for hydroxylation is 1. The van der Waals surface area contributed by atoms with Crippen LogP contribution in [-0.2, 0) is 12.1 Å². The third-order valence-electron chi connectivity index (χ3n) is 3.29. The first-order valence-corrected chi connectivity index (χ1v) is 7.82. The highest BCUT2D eigenvalue weighted by atomic mass is 79.9. The number of thiophene rings is 1. The molecule has 0 radical (unpaired) electrons. The standard InChI is InChI=1S/C15H18BrNOS/c1-11-14(16)8-13(19-11)9-17-15(2,10-18)12-6-4-3-5-7-12/h3-8,17-18H,9-10H2,1-2H3. The number of hydrogen-bond acceptors (Lipinski definition) is 3. The molecule has 2 N–H and O–H groups in total. The molecule has 1 aromatic carbocycles. The van der Waals surface area contributed by atoms with E-state index in [2.05, 4.69) is 34.2 Å². The Bertz CT molecular complexity index is 521. The van der Waals surface area contributed by atoms with E-state index in [1.807, 2.05) is 37.3 Å². The fourth-order valence-corrected chi connectivity index (χ4v) is 3.48. The second kappa shape index (κ2) is 6.18. The number of aliphatic hydroxyl groups excluding tert-OH is 1. The Morgan fingerprint density at radius 1 is 1.32 bits per heavy atom. The van der Waals surface area contributed by atoms with E-state index in [-0.39, 0.29) is 6.61 Å². The first-order valence-electron chi connectivity index (χ1n) is 6.21. The van der Waals surface area contributed by atoms with E-state index >= 15 is 0 Å². The first kappa shape index (κ1) is 14.7. The van der Waals surface area contributed by atoms with Crippen molar-refractivity contribution in [3.05, 3.63) is 56.2 Å². The van der Waals surface area contributed by atoms with Crippen LogP contribution in [0.4, 0.5) is 0 Å². The van der Waals surface area contributed by atoms with Gasteiger partial charge in [0.05, 0.1) is 12.1 Å². The fourth-order valence-electron chi connectivity index (χ4n) is 1.94. The van der Waals surface area contributed by atoms with Gasteiger partial charge in [-0.15, -0.1) is 11.3 Å². The highest BCUT2D eigenvalue weighted by Gasteiger charge is 2.24. The Kier molecular flexibility index (Phi) is 4.79. The van der Waals surface area contributed by atoms with Gasteiger partial charge in [-0.3, -0.25) is 0 Å². The average Bonchev–Trinajstić information content (AvgIpc) is 2.76. The molecule has 2 nitrogen and oxygen atoms in total. The lowest BCUT2D eigenvalue weighted by Gasteiger charge is -2.29. The molecule has 0 bridgehead atoms. The van der Waals surface area contributed by atoms with Crippen molar-refractivity contribution in [2.75, 3.05) is 6.61 Å². The summed E-state index contributed by atoms with van der Waals surface area (Å²) in [5.74, 6) is 0. The van der Waals surface area contributed by atoms with Gasteiger partial charge in [0.25, 0.3) is 0 Å². The minimum absolute atomic E-state index is 0.0720. The zero-order valence-corrected chi connectivity index (χ0v) is 13.5. The molecule has 0 amide bonds. The van der Waals surface area contributed by atoms with Gasteiger partial charge in [-0.05, 0) is 41.4 Å². The van der Waals surface area contributed by atoms with Crippen molar-refractivity contribution in [1.29, 1.82) is 0 Å². The third-order valence-corrected chi connectivity index (χ3v) is 5.42. The molecule has 1 atom stereocenters. The summed E-state index contributed by atoms with van der Waals surface area (Å²) >= 11 is 5.30. The Balaban J connectivity index is 2.11. The van der Waals surface area contributed by atoms with E-state index < -0.39 is 5.54 Å². The molecule has 1 unspecified atom stereocenters. The van der Waals surface area contributed by atoms with Gasteiger partial charge < -0.3 is 10.4 Å². The lowest BCUT2D eigenvalue weighted by molar-refractivity contribution is 0.174. The van der Waals surface area contributed by atoms with Crippen molar-refractivity contribution < 1.29 is 5.11 Å². The molecule has 0 fully saturated rings. The molecule has 1 heterocycles. The van der Waals surface area contributed by atoms with Crippen LogP contribution in [0.1, 0.15) is 22.2 Å². The van der Waals surface area contributed by atoms with E-state index in [1.165, 1.54) is 9.75 Å². The Morgan fingerprint density at radius 3 is 2.53 bits per heavy atom. The van der Waals surface area contributed by atoms with E-state index in [1.54, 1.807) is 11.3 Å². The van der Waals surface area contributed by atoms with Crippen molar-refractivity contribution in [1.82, 2.24) is 5.32 Å². The number of rotatable bonds is 5. The predicted octanol–water partition coefficient (Wildman–Crippen LogP) is 3.82. The summed E-state index contributed by atoms with van der Waals surface area (Å²) in [5.41, 5.74) is 0.691. The third kappa shape index (κ3) is 3.45. The summed E-state index contributed by atoms with van der Waals surface area (Å²) in [5, 5.41) is 13.2. The number of aliphatic hydroxyl groups is 1. The first-order chi connectivity index (χ1) is 9.05. The molecule has 0 aliphatic heterocycles. The molecule has 0 saturated carbocycles. The van der Waals surface area contributed by atoms with Gasteiger partial charge in [-0.25, -0.2) is 0 Å². The van der Waals surface area contributed by atoms with Crippen LogP contribution in [0.15, 0.2) is 40.9 Å². The van der Waals surface area contributed by atoms with Gasteiger partial charge in [0.15, 0.2) is 0 Å². The summed E-state index contributed by atoms with van der Waals surface area (Å²) < 4.78 is 1.15. The lowest BCUT2D eigenvalue weighted by Crippen LogP contribution is -2.42. The van der Waals surface area contributed by atoms with Gasteiger partial charge in [0, 0.05) is 20.8 Å². The van der Waals surface area contributed by atoms with E-state index in [9.17, 15) is 5.11 Å². The minimum Gasteiger partial charge on any atom is -0.394 e. The lowest BCUT2D eigenvalue weighted by atomic mass is 9.93. The number of halogens is 1. The Hall–Kier alpha value is -0.680. The fraction of sp³-hybridized carbons (Fsp3) is 0.333. The second-order valence-corrected chi connectivity index (χ2v) is 7.02. The molecule has 102 valence electrons. The molecule has 4 heteroatoms. The smallest absolute Gasteiger partial charge is 0.0652 e. The molecule has 0 aliphatic rings.